The van der Waals surface area contributed by atoms with Gasteiger partial charge in [0.05, 0.1) is 11.8 Å². The maximum Gasteiger partial charge on any atom is 0.137 e. The first kappa shape index (κ1) is 20.4. The van der Waals surface area contributed by atoms with E-state index >= 15 is 0 Å². The fourth-order valence-corrected chi connectivity index (χ4v) is 4.51. The molecule has 2 saturated heterocycles. The van der Waals surface area contributed by atoms with Crippen molar-refractivity contribution >= 4 is 0 Å². The van der Waals surface area contributed by atoms with Crippen LogP contribution in [0.2, 0.25) is 0 Å². The van der Waals surface area contributed by atoms with Gasteiger partial charge in [0.15, 0.2) is 0 Å². The number of nitrogens with zero attached hydrogens (tertiary/aromatic N) is 3. The van der Waals surface area contributed by atoms with Crippen LogP contribution in [0.4, 0.5) is 0 Å². The molecule has 3 heterocycles. The van der Waals surface area contributed by atoms with E-state index < -0.39 is 0 Å². The Morgan fingerprint density at radius 2 is 2.00 bits per heavy atom. The van der Waals surface area contributed by atoms with Crippen LogP contribution in [0.1, 0.15) is 36.3 Å². The number of likely N-dealkylation sites (tertiary alicyclic amines) is 2. The van der Waals surface area contributed by atoms with Gasteiger partial charge in [-0.25, -0.2) is 0 Å². The number of benzene rings is 1. The van der Waals surface area contributed by atoms with Crippen molar-refractivity contribution in [3.05, 3.63) is 47.3 Å². The van der Waals surface area contributed by atoms with Gasteiger partial charge in [0.2, 0.25) is 0 Å². The molecule has 0 aliphatic carbocycles. The predicted molar refractivity (Wildman–Crippen MR) is 112 cm³/mol. The minimum absolute atomic E-state index is 0.186. The molecule has 29 heavy (non-hydrogen) atoms. The Morgan fingerprint density at radius 1 is 1.14 bits per heavy atom. The molecule has 0 unspecified atom stereocenters. The summed E-state index contributed by atoms with van der Waals surface area (Å²) < 4.78 is 11.3. The Bertz CT molecular complexity index is 772. The standard InChI is InChI=1S/C23H33N3O3/c1-18-12-22(29-24-18)14-20-16-26(17-23(20)27)15-19-6-5-7-21(13-19)28-11-10-25-8-3-2-4-9-25/h5-7,12-13,20,23,27H,2-4,8-11,14-17H2,1H3/t20-,23-/m1/s1. The summed E-state index contributed by atoms with van der Waals surface area (Å²) in [5.41, 5.74) is 2.12. The van der Waals surface area contributed by atoms with Crippen LogP contribution in [0, 0.1) is 12.8 Å². The van der Waals surface area contributed by atoms with Crippen molar-refractivity contribution in [1.82, 2.24) is 15.0 Å². The van der Waals surface area contributed by atoms with Crippen LogP contribution in [-0.2, 0) is 13.0 Å². The van der Waals surface area contributed by atoms with Gasteiger partial charge in [-0.3, -0.25) is 9.80 Å². The maximum absolute atomic E-state index is 10.5. The summed E-state index contributed by atoms with van der Waals surface area (Å²) in [6.45, 7) is 8.46. The van der Waals surface area contributed by atoms with Crippen LogP contribution >= 0.6 is 0 Å². The largest absolute Gasteiger partial charge is 0.492 e. The Kier molecular flexibility index (Phi) is 6.85. The number of aliphatic hydroxyl groups excluding tert-OH is 1. The summed E-state index contributed by atoms with van der Waals surface area (Å²) in [4.78, 5) is 4.81. The average molecular weight is 400 g/mol. The second-order valence-corrected chi connectivity index (χ2v) is 8.56. The van der Waals surface area contributed by atoms with E-state index in [1.54, 1.807) is 0 Å². The van der Waals surface area contributed by atoms with E-state index in [1.165, 1.54) is 37.9 Å². The molecule has 0 spiro atoms. The zero-order valence-electron chi connectivity index (χ0n) is 17.4. The first-order chi connectivity index (χ1) is 14.2. The highest BCUT2D eigenvalue weighted by Gasteiger charge is 2.32. The van der Waals surface area contributed by atoms with Gasteiger partial charge in [0, 0.05) is 44.6 Å². The number of aryl methyl sites for hydroxylation is 1. The summed E-state index contributed by atoms with van der Waals surface area (Å²) >= 11 is 0. The highest BCUT2D eigenvalue weighted by Crippen LogP contribution is 2.24. The normalized spacial score (nSPS) is 23.5. The lowest BCUT2D eigenvalue weighted by Crippen LogP contribution is -2.33. The van der Waals surface area contributed by atoms with Crippen molar-refractivity contribution in [1.29, 1.82) is 0 Å². The Labute approximate surface area is 173 Å². The fourth-order valence-electron chi connectivity index (χ4n) is 4.51. The number of hydrogen-bond acceptors (Lipinski definition) is 6. The Balaban J connectivity index is 1.25. The van der Waals surface area contributed by atoms with E-state index in [0.717, 1.165) is 49.9 Å². The summed E-state index contributed by atoms with van der Waals surface area (Å²) in [6.07, 6.45) is 4.40. The van der Waals surface area contributed by atoms with E-state index in [2.05, 4.69) is 33.2 Å². The minimum atomic E-state index is -0.329. The summed E-state index contributed by atoms with van der Waals surface area (Å²) in [5.74, 6) is 1.98. The van der Waals surface area contributed by atoms with Crippen molar-refractivity contribution in [2.45, 2.75) is 45.3 Å². The number of aliphatic hydroxyl groups is 1. The predicted octanol–water partition coefficient (Wildman–Crippen LogP) is 2.88. The molecule has 6 nitrogen and oxygen atoms in total. The third kappa shape index (κ3) is 5.81. The van der Waals surface area contributed by atoms with Gasteiger partial charge in [-0.2, -0.15) is 0 Å². The molecule has 2 fully saturated rings. The van der Waals surface area contributed by atoms with Crippen LogP contribution in [0.3, 0.4) is 0 Å². The summed E-state index contributed by atoms with van der Waals surface area (Å²) in [6, 6.07) is 10.3. The van der Waals surface area contributed by atoms with Crippen LogP contribution in [0.5, 0.6) is 5.75 Å². The molecule has 158 valence electrons. The molecule has 0 radical (unpaired) electrons. The Hall–Kier alpha value is -1.89. The molecular weight excluding hydrogens is 366 g/mol. The summed E-state index contributed by atoms with van der Waals surface area (Å²) in [7, 11) is 0. The second kappa shape index (κ2) is 9.74. The number of ether oxygens (including phenoxy) is 1. The van der Waals surface area contributed by atoms with Crippen LogP contribution in [-0.4, -0.2) is 65.5 Å². The highest BCUT2D eigenvalue weighted by atomic mass is 16.5. The molecule has 4 rings (SSSR count). The molecule has 0 saturated carbocycles. The highest BCUT2D eigenvalue weighted by molar-refractivity contribution is 5.28. The number of aromatic nitrogens is 1. The van der Waals surface area contributed by atoms with E-state index in [0.29, 0.717) is 6.54 Å². The number of β-amino-alcohol motifs (C(OH)–C–C–N with tert-alkyl or cyclic N) is 1. The number of piperidine rings is 1. The summed E-state index contributed by atoms with van der Waals surface area (Å²) in [5, 5.41) is 14.4. The molecule has 0 bridgehead atoms. The SMILES string of the molecule is Cc1cc(C[C@@H]2CN(Cc3cccc(OCCN4CCCCC4)c3)C[C@H]2O)on1. The van der Waals surface area contributed by atoms with E-state index in [9.17, 15) is 5.11 Å². The van der Waals surface area contributed by atoms with E-state index in [-0.39, 0.29) is 12.0 Å². The third-order valence-electron chi connectivity index (χ3n) is 6.05. The molecule has 6 heteroatoms. The average Bonchev–Trinajstić information content (AvgIpc) is 3.28. The first-order valence-electron chi connectivity index (χ1n) is 10.9. The van der Waals surface area contributed by atoms with Crippen molar-refractivity contribution in [2.75, 3.05) is 39.3 Å². The molecular formula is C23H33N3O3. The lowest BCUT2D eigenvalue weighted by Gasteiger charge is -2.26. The van der Waals surface area contributed by atoms with Gasteiger partial charge in [-0.15, -0.1) is 0 Å². The molecule has 1 aromatic heterocycles. The topological polar surface area (TPSA) is 62.0 Å². The van der Waals surface area contributed by atoms with Gasteiger partial charge in [0.25, 0.3) is 0 Å². The molecule has 2 aliphatic rings. The van der Waals surface area contributed by atoms with Crippen molar-refractivity contribution < 1.29 is 14.4 Å². The molecule has 2 aliphatic heterocycles. The van der Waals surface area contributed by atoms with Crippen LogP contribution in [0.15, 0.2) is 34.9 Å². The minimum Gasteiger partial charge on any atom is -0.492 e. The molecule has 1 aromatic carbocycles. The van der Waals surface area contributed by atoms with Gasteiger partial charge < -0.3 is 14.4 Å². The van der Waals surface area contributed by atoms with Crippen molar-refractivity contribution in [3.8, 4) is 5.75 Å². The van der Waals surface area contributed by atoms with Crippen molar-refractivity contribution in [2.24, 2.45) is 5.92 Å². The zero-order chi connectivity index (χ0) is 20.1. The molecule has 2 atom stereocenters. The van der Waals surface area contributed by atoms with Gasteiger partial charge >= 0.3 is 0 Å². The lowest BCUT2D eigenvalue weighted by molar-refractivity contribution is 0.137. The van der Waals surface area contributed by atoms with Gasteiger partial charge in [0.1, 0.15) is 18.1 Å². The van der Waals surface area contributed by atoms with Gasteiger partial charge in [-0.1, -0.05) is 23.7 Å². The number of rotatable bonds is 8. The number of hydrogen-bond donors (Lipinski definition) is 1. The third-order valence-corrected chi connectivity index (χ3v) is 6.05. The molecule has 2 aromatic rings. The monoisotopic (exact) mass is 399 g/mol. The first-order valence-corrected chi connectivity index (χ1v) is 10.9. The Morgan fingerprint density at radius 3 is 2.79 bits per heavy atom. The van der Waals surface area contributed by atoms with Crippen molar-refractivity contribution in [3.63, 3.8) is 0 Å². The fraction of sp³-hybridized carbons (Fsp3) is 0.609. The lowest BCUT2D eigenvalue weighted by atomic mass is 10.0. The van der Waals surface area contributed by atoms with E-state index in [4.69, 9.17) is 9.26 Å². The zero-order valence-corrected chi connectivity index (χ0v) is 17.4. The van der Waals surface area contributed by atoms with Crippen LogP contribution in [0.25, 0.3) is 0 Å². The van der Waals surface area contributed by atoms with Crippen LogP contribution < -0.4 is 4.74 Å². The van der Waals surface area contributed by atoms with Gasteiger partial charge in [-0.05, 0) is 50.6 Å². The quantitative estimate of drug-likeness (QED) is 0.737. The smallest absolute Gasteiger partial charge is 0.137 e. The second-order valence-electron chi connectivity index (χ2n) is 8.56. The molecule has 1 N–H and O–H groups in total. The molecule has 0 amide bonds. The maximum atomic E-state index is 10.5. The van der Waals surface area contributed by atoms with E-state index in [1.807, 2.05) is 19.1 Å².